The van der Waals surface area contributed by atoms with Crippen molar-refractivity contribution in [3.8, 4) is 11.5 Å². The second-order valence-electron chi connectivity index (χ2n) is 7.69. The Bertz CT molecular complexity index is 912. The SMILES string of the molecule is Cc1ccc(NC(=O)CSCC(=O)NC(c2ccc3c(c2)OCCO3)C2CC2)cc1. The van der Waals surface area contributed by atoms with Crippen LogP contribution in [-0.2, 0) is 9.59 Å². The third-order valence-corrected chi connectivity index (χ3v) is 6.07. The van der Waals surface area contributed by atoms with Crippen LogP contribution in [0.4, 0.5) is 5.69 Å². The summed E-state index contributed by atoms with van der Waals surface area (Å²) in [5.74, 6) is 2.25. The molecule has 2 N–H and O–H groups in total. The average molecular weight is 427 g/mol. The van der Waals surface area contributed by atoms with E-state index in [2.05, 4.69) is 10.6 Å². The molecule has 1 aliphatic carbocycles. The molecule has 1 unspecified atom stereocenters. The topological polar surface area (TPSA) is 76.7 Å². The number of hydrogen-bond donors (Lipinski definition) is 2. The molecule has 0 aromatic heterocycles. The molecule has 158 valence electrons. The standard InChI is InChI=1S/C23H26N2O4S/c1-15-2-7-18(8-3-15)24-21(26)13-30-14-22(27)25-23(16-4-5-16)17-6-9-19-20(12-17)29-11-10-28-19/h2-3,6-9,12,16,23H,4-5,10-11,13-14H2,1H3,(H,24,26)(H,25,27). The fourth-order valence-corrected chi connectivity index (χ4v) is 4.07. The number of carbonyl (C=O) groups excluding carboxylic acids is 2. The molecule has 0 bridgehead atoms. The highest BCUT2D eigenvalue weighted by molar-refractivity contribution is 8.00. The van der Waals surface area contributed by atoms with Crippen LogP contribution in [0.15, 0.2) is 42.5 Å². The van der Waals surface area contributed by atoms with Gasteiger partial charge in [0, 0.05) is 5.69 Å². The number of rotatable bonds is 8. The van der Waals surface area contributed by atoms with Crippen LogP contribution < -0.4 is 20.1 Å². The zero-order chi connectivity index (χ0) is 20.9. The van der Waals surface area contributed by atoms with Gasteiger partial charge in [0.25, 0.3) is 0 Å². The summed E-state index contributed by atoms with van der Waals surface area (Å²) in [7, 11) is 0. The largest absolute Gasteiger partial charge is 0.486 e. The molecule has 2 amide bonds. The molecule has 0 spiro atoms. The van der Waals surface area contributed by atoms with Crippen LogP contribution in [0.25, 0.3) is 0 Å². The molecule has 2 aromatic carbocycles. The van der Waals surface area contributed by atoms with Crippen molar-refractivity contribution in [3.05, 3.63) is 53.6 Å². The first-order valence-electron chi connectivity index (χ1n) is 10.2. The number of benzene rings is 2. The minimum absolute atomic E-state index is 0.0321. The number of carbonyl (C=O) groups is 2. The molecule has 0 radical (unpaired) electrons. The van der Waals surface area contributed by atoms with E-state index in [9.17, 15) is 9.59 Å². The van der Waals surface area contributed by atoms with Crippen LogP contribution in [0.2, 0.25) is 0 Å². The van der Waals surface area contributed by atoms with Crippen LogP contribution in [-0.4, -0.2) is 36.5 Å². The molecule has 0 saturated heterocycles. The lowest BCUT2D eigenvalue weighted by Gasteiger charge is -2.23. The molecule has 7 heteroatoms. The van der Waals surface area contributed by atoms with Crippen molar-refractivity contribution in [2.24, 2.45) is 5.92 Å². The van der Waals surface area contributed by atoms with E-state index in [1.165, 1.54) is 11.8 Å². The summed E-state index contributed by atoms with van der Waals surface area (Å²) in [5, 5.41) is 5.99. The molecular formula is C23H26N2O4S. The first kappa shape index (κ1) is 20.6. The molecule has 2 aliphatic rings. The highest BCUT2D eigenvalue weighted by atomic mass is 32.2. The van der Waals surface area contributed by atoms with Crippen molar-refractivity contribution >= 4 is 29.3 Å². The third-order valence-electron chi connectivity index (χ3n) is 5.14. The minimum Gasteiger partial charge on any atom is -0.486 e. The maximum Gasteiger partial charge on any atom is 0.234 e. The zero-order valence-corrected chi connectivity index (χ0v) is 17.8. The number of aryl methyl sites for hydroxylation is 1. The van der Waals surface area contributed by atoms with Crippen molar-refractivity contribution in [2.75, 3.05) is 30.0 Å². The molecule has 4 rings (SSSR count). The predicted octanol–water partition coefficient (Wildman–Crippen LogP) is 3.71. The van der Waals surface area contributed by atoms with E-state index in [-0.39, 0.29) is 29.4 Å². The Labute approximate surface area is 180 Å². The highest BCUT2D eigenvalue weighted by Gasteiger charge is 2.34. The maximum atomic E-state index is 12.5. The van der Waals surface area contributed by atoms with Crippen molar-refractivity contribution in [2.45, 2.75) is 25.8 Å². The lowest BCUT2D eigenvalue weighted by Crippen LogP contribution is -2.31. The van der Waals surface area contributed by atoms with Gasteiger partial charge in [0.2, 0.25) is 11.8 Å². The number of fused-ring (bicyclic) bond motifs is 1. The zero-order valence-electron chi connectivity index (χ0n) is 17.0. The molecular weight excluding hydrogens is 400 g/mol. The minimum atomic E-state index is -0.109. The normalized spacial score (nSPS) is 15.9. The summed E-state index contributed by atoms with van der Waals surface area (Å²) in [6.07, 6.45) is 2.21. The second-order valence-corrected chi connectivity index (χ2v) is 8.68. The van der Waals surface area contributed by atoms with Gasteiger partial charge < -0.3 is 20.1 Å². The van der Waals surface area contributed by atoms with Crippen molar-refractivity contribution in [1.82, 2.24) is 5.32 Å². The van der Waals surface area contributed by atoms with Gasteiger partial charge in [-0.15, -0.1) is 11.8 Å². The third kappa shape index (κ3) is 5.48. The molecule has 1 heterocycles. The number of thioether (sulfide) groups is 1. The Morgan fingerprint density at radius 2 is 1.70 bits per heavy atom. The highest BCUT2D eigenvalue weighted by Crippen LogP contribution is 2.43. The van der Waals surface area contributed by atoms with Crippen LogP contribution in [0.5, 0.6) is 11.5 Å². The van der Waals surface area contributed by atoms with Crippen LogP contribution in [0.3, 0.4) is 0 Å². The number of anilines is 1. The van der Waals surface area contributed by atoms with Gasteiger partial charge in [0.1, 0.15) is 13.2 Å². The molecule has 2 aromatic rings. The Morgan fingerprint density at radius 3 is 2.43 bits per heavy atom. The Morgan fingerprint density at radius 1 is 1.00 bits per heavy atom. The smallest absolute Gasteiger partial charge is 0.234 e. The van der Waals surface area contributed by atoms with Gasteiger partial charge in [0.05, 0.1) is 17.5 Å². The van der Waals surface area contributed by atoms with E-state index in [1.54, 1.807) is 0 Å². The van der Waals surface area contributed by atoms with E-state index in [1.807, 2.05) is 49.4 Å². The number of nitrogens with one attached hydrogen (secondary N) is 2. The second kappa shape index (κ2) is 9.43. The van der Waals surface area contributed by atoms with E-state index in [4.69, 9.17) is 9.47 Å². The van der Waals surface area contributed by atoms with Gasteiger partial charge in [-0.25, -0.2) is 0 Å². The lowest BCUT2D eigenvalue weighted by atomic mass is 10.0. The Kier molecular flexibility index (Phi) is 6.47. The first-order chi connectivity index (χ1) is 14.6. The van der Waals surface area contributed by atoms with Crippen molar-refractivity contribution in [3.63, 3.8) is 0 Å². The van der Waals surface area contributed by atoms with Crippen molar-refractivity contribution in [1.29, 1.82) is 0 Å². The van der Waals surface area contributed by atoms with E-state index < -0.39 is 0 Å². The van der Waals surface area contributed by atoms with E-state index in [0.717, 1.165) is 41.2 Å². The van der Waals surface area contributed by atoms with Crippen LogP contribution in [0.1, 0.15) is 30.0 Å². The number of amides is 2. The van der Waals surface area contributed by atoms with E-state index >= 15 is 0 Å². The summed E-state index contributed by atoms with van der Waals surface area (Å²) in [5.41, 5.74) is 2.95. The van der Waals surface area contributed by atoms with Gasteiger partial charge >= 0.3 is 0 Å². The fraction of sp³-hybridized carbons (Fsp3) is 0.391. The summed E-state index contributed by atoms with van der Waals surface area (Å²) in [4.78, 5) is 24.6. The van der Waals surface area contributed by atoms with Crippen LogP contribution in [0, 0.1) is 12.8 Å². The first-order valence-corrected chi connectivity index (χ1v) is 11.4. The van der Waals surface area contributed by atoms with Gasteiger partial charge in [0.15, 0.2) is 11.5 Å². The molecule has 30 heavy (non-hydrogen) atoms. The summed E-state index contributed by atoms with van der Waals surface area (Å²) in [6.45, 7) is 3.10. The molecule has 1 atom stereocenters. The molecule has 1 fully saturated rings. The predicted molar refractivity (Wildman–Crippen MR) is 118 cm³/mol. The molecule has 1 aliphatic heterocycles. The number of ether oxygens (including phenoxy) is 2. The van der Waals surface area contributed by atoms with Crippen molar-refractivity contribution < 1.29 is 19.1 Å². The van der Waals surface area contributed by atoms with Crippen LogP contribution >= 0.6 is 11.8 Å². The fourth-order valence-electron chi connectivity index (χ4n) is 3.44. The summed E-state index contributed by atoms with van der Waals surface area (Å²) >= 11 is 1.32. The Hall–Kier alpha value is -2.67. The lowest BCUT2D eigenvalue weighted by molar-refractivity contribution is -0.119. The average Bonchev–Trinajstić information content (AvgIpc) is 3.58. The quantitative estimate of drug-likeness (QED) is 0.673. The molecule has 6 nitrogen and oxygen atoms in total. The van der Waals surface area contributed by atoms with Gasteiger partial charge in [-0.05, 0) is 55.5 Å². The van der Waals surface area contributed by atoms with Gasteiger partial charge in [-0.1, -0.05) is 23.8 Å². The summed E-state index contributed by atoms with van der Waals surface area (Å²) in [6, 6.07) is 13.5. The summed E-state index contributed by atoms with van der Waals surface area (Å²) < 4.78 is 11.3. The number of hydrogen-bond acceptors (Lipinski definition) is 5. The van der Waals surface area contributed by atoms with Gasteiger partial charge in [-0.2, -0.15) is 0 Å². The monoisotopic (exact) mass is 426 g/mol. The van der Waals surface area contributed by atoms with E-state index in [0.29, 0.717) is 19.1 Å². The molecule has 1 saturated carbocycles. The van der Waals surface area contributed by atoms with Gasteiger partial charge in [-0.3, -0.25) is 9.59 Å². The maximum absolute atomic E-state index is 12.5. The Balaban J connectivity index is 1.27.